The highest BCUT2D eigenvalue weighted by molar-refractivity contribution is 5.97. The summed E-state index contributed by atoms with van der Waals surface area (Å²) in [6, 6.07) is 10.1. The van der Waals surface area contributed by atoms with Crippen molar-refractivity contribution < 1.29 is 9.53 Å². The van der Waals surface area contributed by atoms with Crippen LogP contribution in [-0.4, -0.2) is 53.5 Å². The van der Waals surface area contributed by atoms with Crippen molar-refractivity contribution in [3.05, 3.63) is 75.1 Å². The molecule has 1 saturated heterocycles. The minimum absolute atomic E-state index is 0.00732. The number of nitrogens with zero attached hydrogens (tertiary/aromatic N) is 5. The molecule has 5 rings (SSSR count). The summed E-state index contributed by atoms with van der Waals surface area (Å²) in [7, 11) is 0. The number of piperazine rings is 1. The number of ether oxygens (including phenoxy) is 1. The SMILES string of the molecule is Cc1ccnc(C)c1Oc1nc(N2CCNCC2)c2c(c1C#N)CN(C(=O)c1c(C)cccc1C)CC2. The van der Waals surface area contributed by atoms with E-state index in [1.54, 1.807) is 6.20 Å². The maximum absolute atomic E-state index is 13.7. The van der Waals surface area contributed by atoms with Crippen molar-refractivity contribution in [2.75, 3.05) is 37.6 Å². The molecule has 2 aliphatic heterocycles. The van der Waals surface area contributed by atoms with Gasteiger partial charge in [-0.05, 0) is 56.9 Å². The normalized spacial score (nSPS) is 15.2. The van der Waals surface area contributed by atoms with Crippen molar-refractivity contribution in [3.8, 4) is 17.7 Å². The standard InChI is InChI=1S/C29H32N6O2/c1-18-6-5-7-19(2)25(18)29(36)35-13-9-22-24(17-35)23(16-30)28(33-27(22)34-14-11-31-12-15-34)37-26-20(3)8-10-32-21(26)4/h5-8,10,31H,9,11-15,17H2,1-4H3. The molecule has 0 saturated carbocycles. The van der Waals surface area contributed by atoms with Crippen LogP contribution in [0.25, 0.3) is 0 Å². The number of carbonyl (C=O) groups excluding carboxylic acids is 1. The van der Waals surface area contributed by atoms with Crippen molar-refractivity contribution in [3.63, 3.8) is 0 Å². The Balaban J connectivity index is 1.61. The third kappa shape index (κ3) is 4.63. The minimum atomic E-state index is -0.00732. The van der Waals surface area contributed by atoms with E-state index in [1.807, 2.05) is 56.9 Å². The molecule has 2 aliphatic rings. The van der Waals surface area contributed by atoms with E-state index >= 15 is 0 Å². The van der Waals surface area contributed by atoms with Gasteiger partial charge in [-0.2, -0.15) is 10.2 Å². The molecule has 2 aromatic heterocycles. The van der Waals surface area contributed by atoms with Crippen LogP contribution in [0.5, 0.6) is 11.6 Å². The Morgan fingerprint density at radius 3 is 2.43 bits per heavy atom. The van der Waals surface area contributed by atoms with Crippen LogP contribution >= 0.6 is 0 Å². The van der Waals surface area contributed by atoms with Crippen LogP contribution < -0.4 is 15.0 Å². The number of aryl methyl sites for hydroxylation is 4. The van der Waals surface area contributed by atoms with E-state index in [-0.39, 0.29) is 11.8 Å². The van der Waals surface area contributed by atoms with Gasteiger partial charge >= 0.3 is 0 Å². The summed E-state index contributed by atoms with van der Waals surface area (Å²) in [5.74, 6) is 1.73. The molecule has 0 radical (unpaired) electrons. The van der Waals surface area contributed by atoms with E-state index in [9.17, 15) is 10.1 Å². The van der Waals surface area contributed by atoms with E-state index in [1.165, 1.54) is 0 Å². The number of hydrogen-bond acceptors (Lipinski definition) is 7. The minimum Gasteiger partial charge on any atom is -0.435 e. The molecule has 0 spiro atoms. The highest BCUT2D eigenvalue weighted by Gasteiger charge is 2.32. The molecule has 1 N–H and O–H groups in total. The van der Waals surface area contributed by atoms with E-state index in [2.05, 4.69) is 21.3 Å². The second kappa shape index (κ2) is 10.2. The van der Waals surface area contributed by atoms with Gasteiger partial charge in [0.2, 0.25) is 5.88 Å². The summed E-state index contributed by atoms with van der Waals surface area (Å²) in [5.41, 5.74) is 6.56. The largest absolute Gasteiger partial charge is 0.435 e. The van der Waals surface area contributed by atoms with Gasteiger partial charge in [0.25, 0.3) is 5.91 Å². The summed E-state index contributed by atoms with van der Waals surface area (Å²) in [4.78, 5) is 27.1. The summed E-state index contributed by atoms with van der Waals surface area (Å²) >= 11 is 0. The molecule has 8 heteroatoms. The topological polar surface area (TPSA) is 94.4 Å². The molecule has 0 bridgehead atoms. The zero-order valence-corrected chi connectivity index (χ0v) is 21.9. The number of rotatable bonds is 4. The quantitative estimate of drug-likeness (QED) is 0.584. The smallest absolute Gasteiger partial charge is 0.254 e. The van der Waals surface area contributed by atoms with Crippen LogP contribution in [-0.2, 0) is 13.0 Å². The number of nitriles is 1. The number of benzene rings is 1. The van der Waals surface area contributed by atoms with Crippen LogP contribution in [0.15, 0.2) is 30.5 Å². The molecule has 8 nitrogen and oxygen atoms in total. The number of amides is 1. The molecule has 3 aromatic rings. The number of nitrogens with one attached hydrogen (secondary N) is 1. The van der Waals surface area contributed by atoms with Crippen LogP contribution in [0.1, 0.15) is 49.4 Å². The summed E-state index contributed by atoms with van der Waals surface area (Å²) in [6.45, 7) is 12.1. The lowest BCUT2D eigenvalue weighted by Gasteiger charge is -2.36. The van der Waals surface area contributed by atoms with Gasteiger partial charge in [-0.15, -0.1) is 0 Å². The molecule has 0 unspecified atom stereocenters. The van der Waals surface area contributed by atoms with E-state index < -0.39 is 0 Å². The van der Waals surface area contributed by atoms with Crippen LogP contribution in [0.4, 0.5) is 5.82 Å². The number of fused-ring (bicyclic) bond motifs is 1. The number of carbonyl (C=O) groups is 1. The molecule has 0 aliphatic carbocycles. The first-order valence-electron chi connectivity index (χ1n) is 12.8. The fourth-order valence-electron chi connectivity index (χ4n) is 5.33. The Hall–Kier alpha value is -3.96. The zero-order valence-electron chi connectivity index (χ0n) is 21.9. The first-order chi connectivity index (χ1) is 17.9. The summed E-state index contributed by atoms with van der Waals surface area (Å²) < 4.78 is 6.34. The molecule has 37 heavy (non-hydrogen) atoms. The van der Waals surface area contributed by atoms with Crippen molar-refractivity contribution in [1.82, 2.24) is 20.2 Å². The Kier molecular flexibility index (Phi) is 6.81. The third-order valence-electron chi connectivity index (χ3n) is 7.33. The molecular formula is C29H32N6O2. The predicted molar refractivity (Wildman–Crippen MR) is 142 cm³/mol. The first kappa shape index (κ1) is 24.7. The third-order valence-corrected chi connectivity index (χ3v) is 7.33. The number of anilines is 1. The van der Waals surface area contributed by atoms with Gasteiger partial charge in [0.1, 0.15) is 17.5 Å². The Morgan fingerprint density at radius 1 is 1.03 bits per heavy atom. The van der Waals surface area contributed by atoms with Gasteiger partial charge in [0.15, 0.2) is 5.75 Å². The van der Waals surface area contributed by atoms with Crippen LogP contribution in [0.3, 0.4) is 0 Å². The molecule has 1 fully saturated rings. The van der Waals surface area contributed by atoms with Gasteiger partial charge in [-0.25, -0.2) is 0 Å². The molecule has 4 heterocycles. The van der Waals surface area contributed by atoms with E-state index in [0.717, 1.165) is 71.1 Å². The van der Waals surface area contributed by atoms with Crippen molar-refractivity contribution >= 4 is 11.7 Å². The molecule has 1 amide bonds. The number of aromatic nitrogens is 2. The van der Waals surface area contributed by atoms with E-state index in [4.69, 9.17) is 9.72 Å². The average molecular weight is 497 g/mol. The predicted octanol–water partition coefficient (Wildman–Crippen LogP) is 3.98. The maximum atomic E-state index is 13.7. The fraction of sp³-hybridized carbons (Fsp3) is 0.379. The highest BCUT2D eigenvalue weighted by Crippen LogP contribution is 2.38. The van der Waals surface area contributed by atoms with Crippen molar-refractivity contribution in [1.29, 1.82) is 5.26 Å². The second-order valence-corrected chi connectivity index (χ2v) is 9.81. The van der Waals surface area contributed by atoms with Gasteiger partial charge in [-0.1, -0.05) is 18.2 Å². The van der Waals surface area contributed by atoms with Gasteiger partial charge in [-0.3, -0.25) is 9.78 Å². The van der Waals surface area contributed by atoms with Gasteiger partial charge < -0.3 is 19.9 Å². The molecular weight excluding hydrogens is 464 g/mol. The van der Waals surface area contributed by atoms with E-state index in [0.29, 0.717) is 30.8 Å². The number of hydrogen-bond donors (Lipinski definition) is 1. The lowest BCUT2D eigenvalue weighted by atomic mass is 9.94. The zero-order chi connectivity index (χ0) is 26.1. The number of pyridine rings is 2. The average Bonchev–Trinajstić information content (AvgIpc) is 2.90. The Labute approximate surface area is 217 Å². The summed E-state index contributed by atoms with van der Waals surface area (Å²) in [5, 5.41) is 13.7. The van der Waals surface area contributed by atoms with Crippen molar-refractivity contribution in [2.24, 2.45) is 0 Å². The molecule has 1 aromatic carbocycles. The van der Waals surface area contributed by atoms with Crippen LogP contribution in [0, 0.1) is 39.0 Å². The van der Waals surface area contributed by atoms with Crippen molar-refractivity contribution in [2.45, 2.75) is 40.7 Å². The first-order valence-corrected chi connectivity index (χ1v) is 12.8. The van der Waals surface area contributed by atoms with Gasteiger partial charge in [0, 0.05) is 62.2 Å². The Morgan fingerprint density at radius 2 is 1.76 bits per heavy atom. The Bertz CT molecular complexity index is 1360. The van der Waals surface area contributed by atoms with Crippen LogP contribution in [0.2, 0.25) is 0 Å². The molecule has 0 atom stereocenters. The second-order valence-electron chi connectivity index (χ2n) is 9.81. The highest BCUT2D eigenvalue weighted by atomic mass is 16.5. The lowest BCUT2D eigenvalue weighted by Crippen LogP contribution is -2.45. The lowest BCUT2D eigenvalue weighted by molar-refractivity contribution is 0.0732. The molecule has 190 valence electrons. The fourth-order valence-corrected chi connectivity index (χ4v) is 5.33. The maximum Gasteiger partial charge on any atom is 0.254 e. The van der Waals surface area contributed by atoms with Gasteiger partial charge in [0.05, 0.1) is 5.69 Å². The monoisotopic (exact) mass is 496 g/mol. The summed E-state index contributed by atoms with van der Waals surface area (Å²) in [6.07, 6.45) is 2.38.